The second-order valence-electron chi connectivity index (χ2n) is 2.00. The van der Waals surface area contributed by atoms with Gasteiger partial charge in [-0.15, -0.1) is 0 Å². The molecule has 0 aliphatic carbocycles. The highest BCUT2D eigenvalue weighted by molar-refractivity contribution is 8.07. The van der Waals surface area contributed by atoms with E-state index in [2.05, 4.69) is 4.74 Å². The minimum Gasteiger partial charge on any atom is -0.467 e. The third kappa shape index (κ3) is 1.34. The third-order valence-electron chi connectivity index (χ3n) is 1.28. The lowest BCUT2D eigenvalue weighted by atomic mass is 10.3. The van der Waals surface area contributed by atoms with Crippen LogP contribution in [0.3, 0.4) is 0 Å². The van der Waals surface area contributed by atoms with E-state index in [1.165, 1.54) is 5.41 Å². The summed E-state index contributed by atoms with van der Waals surface area (Å²) in [6.45, 7) is 0. The molecule has 1 aliphatic heterocycles. The van der Waals surface area contributed by atoms with Crippen LogP contribution in [0.4, 0.5) is 0 Å². The van der Waals surface area contributed by atoms with Crippen LogP contribution >= 0.6 is 35.0 Å². The monoisotopic (exact) mass is 226 g/mol. The van der Waals surface area contributed by atoms with Crippen LogP contribution in [0.25, 0.3) is 0 Å². The van der Waals surface area contributed by atoms with Gasteiger partial charge in [0.2, 0.25) is 5.78 Å². The summed E-state index contributed by atoms with van der Waals surface area (Å²) >= 11 is 12.0. The number of allylic oxidation sites excluding steroid dienone is 1. The molecule has 1 atom stereocenters. The van der Waals surface area contributed by atoms with Gasteiger partial charge in [0, 0.05) is 0 Å². The number of esters is 1. The molecule has 0 N–H and O–H groups in total. The lowest BCUT2D eigenvalue weighted by molar-refractivity contribution is -0.143. The molecule has 1 heterocycles. The van der Waals surface area contributed by atoms with Crippen molar-refractivity contribution in [3.8, 4) is 0 Å². The number of ketones is 1. The minimum absolute atomic E-state index is 0.0413. The van der Waals surface area contributed by atoms with Crippen molar-refractivity contribution in [3.63, 3.8) is 0 Å². The summed E-state index contributed by atoms with van der Waals surface area (Å²) in [4.78, 5) is 22.2. The number of Topliss-reactive ketones (excluding diaryl/α,β-unsaturated/α-hetero) is 1. The van der Waals surface area contributed by atoms with Crippen molar-refractivity contribution in [3.05, 3.63) is 10.4 Å². The van der Waals surface area contributed by atoms with Crippen LogP contribution in [0.15, 0.2) is 10.4 Å². The van der Waals surface area contributed by atoms with Crippen molar-refractivity contribution in [2.45, 2.75) is 4.21 Å². The molecule has 0 saturated heterocycles. The topological polar surface area (TPSA) is 43.4 Å². The Morgan fingerprint density at radius 3 is 2.67 bits per heavy atom. The molecule has 0 aromatic rings. The predicted octanol–water partition coefficient (Wildman–Crippen LogP) is 1.49. The molecule has 6 heteroatoms. The summed E-state index contributed by atoms with van der Waals surface area (Å²) in [5, 5.41) is 1.29. The molecule has 0 aromatic carbocycles. The van der Waals surface area contributed by atoms with E-state index in [1.54, 1.807) is 0 Å². The molecule has 0 amide bonds. The minimum atomic E-state index is -1.70. The van der Waals surface area contributed by atoms with Crippen molar-refractivity contribution in [2.24, 2.45) is 0 Å². The van der Waals surface area contributed by atoms with E-state index < -0.39 is 16.0 Å². The lowest BCUT2D eigenvalue weighted by Crippen LogP contribution is -2.36. The van der Waals surface area contributed by atoms with Gasteiger partial charge < -0.3 is 4.74 Å². The Kier molecular flexibility index (Phi) is 2.70. The first kappa shape index (κ1) is 9.89. The molecule has 3 nitrogen and oxygen atoms in total. The second-order valence-corrected chi connectivity index (χ2v) is 4.28. The molecule has 0 aromatic heterocycles. The Hall–Kier alpha value is -0.190. The van der Waals surface area contributed by atoms with Gasteiger partial charge in [-0.3, -0.25) is 4.79 Å². The van der Waals surface area contributed by atoms with Crippen molar-refractivity contribution in [1.82, 2.24) is 0 Å². The molecular formula is C6H4Cl2O3S. The van der Waals surface area contributed by atoms with E-state index in [1.807, 2.05) is 0 Å². The van der Waals surface area contributed by atoms with E-state index >= 15 is 0 Å². The SMILES string of the molecule is COC(=O)C1(Cl)SC=C(Cl)C1=O. The summed E-state index contributed by atoms with van der Waals surface area (Å²) in [6.07, 6.45) is 0. The molecule has 0 bridgehead atoms. The summed E-state index contributed by atoms with van der Waals surface area (Å²) in [5.41, 5.74) is 0. The van der Waals surface area contributed by atoms with Gasteiger partial charge in [-0.05, 0) is 5.41 Å². The fourth-order valence-corrected chi connectivity index (χ4v) is 2.13. The fraction of sp³-hybridized carbons (Fsp3) is 0.333. The molecule has 0 spiro atoms. The largest absolute Gasteiger partial charge is 0.467 e. The van der Waals surface area contributed by atoms with Crippen molar-refractivity contribution in [1.29, 1.82) is 0 Å². The van der Waals surface area contributed by atoms with E-state index in [0.717, 1.165) is 18.9 Å². The van der Waals surface area contributed by atoms with Gasteiger partial charge in [0.05, 0.1) is 12.1 Å². The molecule has 1 unspecified atom stereocenters. The quantitative estimate of drug-likeness (QED) is 0.386. The first-order valence-electron chi connectivity index (χ1n) is 2.88. The Bertz CT molecular complexity index is 276. The van der Waals surface area contributed by atoms with Gasteiger partial charge in [-0.1, -0.05) is 35.0 Å². The molecule has 0 saturated carbocycles. The zero-order valence-corrected chi connectivity index (χ0v) is 8.29. The molecule has 1 aliphatic rings. The number of rotatable bonds is 1. The van der Waals surface area contributed by atoms with Gasteiger partial charge in [0.1, 0.15) is 0 Å². The number of halogens is 2. The van der Waals surface area contributed by atoms with Gasteiger partial charge >= 0.3 is 5.97 Å². The average Bonchev–Trinajstić information content (AvgIpc) is 2.33. The first-order valence-corrected chi connectivity index (χ1v) is 4.51. The van der Waals surface area contributed by atoms with Crippen molar-refractivity contribution < 1.29 is 14.3 Å². The van der Waals surface area contributed by atoms with Crippen molar-refractivity contribution >= 4 is 46.7 Å². The smallest absolute Gasteiger partial charge is 0.345 e. The Morgan fingerprint density at radius 2 is 2.33 bits per heavy atom. The third-order valence-corrected chi connectivity index (χ3v) is 3.32. The molecule has 0 fully saturated rings. The summed E-state index contributed by atoms with van der Waals surface area (Å²) < 4.78 is 2.65. The predicted molar refractivity (Wildman–Crippen MR) is 47.1 cm³/mol. The fourth-order valence-electron chi connectivity index (χ4n) is 0.666. The zero-order chi connectivity index (χ0) is 9.35. The number of thioether (sulfide) groups is 1. The normalized spacial score (nSPS) is 28.6. The van der Waals surface area contributed by atoms with Crippen LogP contribution in [-0.4, -0.2) is 23.1 Å². The van der Waals surface area contributed by atoms with E-state index in [9.17, 15) is 9.59 Å². The lowest BCUT2D eigenvalue weighted by Gasteiger charge is -2.14. The molecule has 12 heavy (non-hydrogen) atoms. The highest BCUT2D eigenvalue weighted by Crippen LogP contribution is 2.43. The number of ether oxygens (including phenoxy) is 1. The van der Waals surface area contributed by atoms with Crippen LogP contribution in [-0.2, 0) is 14.3 Å². The number of alkyl halides is 1. The Balaban J connectivity index is 2.91. The molecule has 1 rings (SSSR count). The van der Waals surface area contributed by atoms with Crippen molar-refractivity contribution in [2.75, 3.05) is 7.11 Å². The summed E-state index contributed by atoms with van der Waals surface area (Å²) in [7, 11) is 1.16. The Morgan fingerprint density at radius 1 is 1.75 bits per heavy atom. The van der Waals surface area contributed by atoms with Crippen LogP contribution in [0.5, 0.6) is 0 Å². The maximum Gasteiger partial charge on any atom is 0.345 e. The van der Waals surface area contributed by atoms with E-state index in [-0.39, 0.29) is 5.03 Å². The zero-order valence-electron chi connectivity index (χ0n) is 5.97. The Labute approximate surface area is 83.0 Å². The average molecular weight is 227 g/mol. The van der Waals surface area contributed by atoms with Gasteiger partial charge in [-0.25, -0.2) is 4.79 Å². The maximum absolute atomic E-state index is 11.2. The standard InChI is InChI=1S/C6H4Cl2O3S/c1-11-5(10)6(8)4(9)3(7)2-12-6/h2H,1H3. The molecule has 66 valence electrons. The highest BCUT2D eigenvalue weighted by atomic mass is 35.5. The molecule has 0 radical (unpaired) electrons. The van der Waals surface area contributed by atoms with Crippen LogP contribution in [0, 0.1) is 0 Å². The van der Waals surface area contributed by atoms with E-state index in [0.29, 0.717) is 0 Å². The van der Waals surface area contributed by atoms with E-state index in [4.69, 9.17) is 23.2 Å². The number of carbonyl (C=O) groups excluding carboxylic acids is 2. The van der Waals surface area contributed by atoms with Crippen LogP contribution < -0.4 is 0 Å². The summed E-state index contributed by atoms with van der Waals surface area (Å²) in [5.74, 6) is -1.42. The van der Waals surface area contributed by atoms with Gasteiger partial charge in [0.25, 0.3) is 4.21 Å². The number of hydrogen-bond donors (Lipinski definition) is 0. The number of hydrogen-bond acceptors (Lipinski definition) is 4. The van der Waals surface area contributed by atoms with Gasteiger partial charge in [0.15, 0.2) is 0 Å². The maximum atomic E-state index is 11.2. The second kappa shape index (κ2) is 3.28. The van der Waals surface area contributed by atoms with Crippen LogP contribution in [0.2, 0.25) is 0 Å². The van der Waals surface area contributed by atoms with Crippen LogP contribution in [0.1, 0.15) is 0 Å². The number of carbonyl (C=O) groups is 2. The molecular weight excluding hydrogens is 223 g/mol. The highest BCUT2D eigenvalue weighted by Gasteiger charge is 2.50. The number of methoxy groups -OCH3 is 1. The first-order chi connectivity index (χ1) is 5.52. The summed E-state index contributed by atoms with van der Waals surface area (Å²) in [6, 6.07) is 0. The van der Waals surface area contributed by atoms with Gasteiger partial charge in [-0.2, -0.15) is 0 Å².